The van der Waals surface area contributed by atoms with E-state index >= 15 is 0 Å². The van der Waals surface area contributed by atoms with Crippen LogP contribution < -0.4 is 5.32 Å². The van der Waals surface area contributed by atoms with Gasteiger partial charge >= 0.3 is 6.18 Å². The molecule has 6 nitrogen and oxygen atoms in total. The molecule has 126 valence electrons. The van der Waals surface area contributed by atoms with E-state index < -0.39 is 12.7 Å². The SMILES string of the molecule is O=C1c2ccccc2C(=O)N1CCNc1ccn(CC(F)(F)F)n1. The molecule has 0 saturated carbocycles. The lowest BCUT2D eigenvalue weighted by Crippen LogP contribution is -2.34. The van der Waals surface area contributed by atoms with Crippen molar-refractivity contribution in [3.8, 4) is 0 Å². The normalized spacial score (nSPS) is 14.2. The van der Waals surface area contributed by atoms with Crippen LogP contribution in [0.2, 0.25) is 0 Å². The number of anilines is 1. The van der Waals surface area contributed by atoms with E-state index in [1.807, 2.05) is 0 Å². The number of carbonyl (C=O) groups excluding carboxylic acids is 2. The fraction of sp³-hybridized carbons (Fsp3) is 0.267. The van der Waals surface area contributed by atoms with E-state index in [0.717, 1.165) is 9.58 Å². The van der Waals surface area contributed by atoms with Crippen LogP contribution in [-0.4, -0.2) is 45.8 Å². The Morgan fingerprint density at radius 1 is 1.04 bits per heavy atom. The summed E-state index contributed by atoms with van der Waals surface area (Å²) in [7, 11) is 0. The number of hydrogen-bond acceptors (Lipinski definition) is 4. The second-order valence-corrected chi connectivity index (χ2v) is 5.25. The zero-order valence-electron chi connectivity index (χ0n) is 12.4. The van der Waals surface area contributed by atoms with Gasteiger partial charge in [-0.1, -0.05) is 12.1 Å². The monoisotopic (exact) mass is 338 g/mol. The summed E-state index contributed by atoms with van der Waals surface area (Å²) in [5, 5.41) is 6.53. The van der Waals surface area contributed by atoms with E-state index in [2.05, 4.69) is 10.4 Å². The number of fused-ring (bicyclic) bond motifs is 1. The van der Waals surface area contributed by atoms with Crippen molar-refractivity contribution in [3.05, 3.63) is 47.7 Å². The average molecular weight is 338 g/mol. The molecule has 1 aromatic carbocycles. The maximum Gasteiger partial charge on any atom is 0.408 e. The summed E-state index contributed by atoms with van der Waals surface area (Å²) >= 11 is 0. The maximum atomic E-state index is 12.3. The summed E-state index contributed by atoms with van der Waals surface area (Å²) in [6.45, 7) is -0.889. The summed E-state index contributed by atoms with van der Waals surface area (Å²) in [6, 6.07) is 7.93. The molecule has 1 N–H and O–H groups in total. The lowest BCUT2D eigenvalue weighted by atomic mass is 10.1. The van der Waals surface area contributed by atoms with Crippen LogP contribution in [0.25, 0.3) is 0 Å². The molecule has 0 bridgehead atoms. The number of carbonyl (C=O) groups is 2. The molecule has 0 saturated heterocycles. The molecular weight excluding hydrogens is 325 g/mol. The van der Waals surface area contributed by atoms with Gasteiger partial charge in [0.2, 0.25) is 0 Å². The van der Waals surface area contributed by atoms with Crippen molar-refractivity contribution in [3.63, 3.8) is 0 Å². The fourth-order valence-electron chi connectivity index (χ4n) is 2.47. The van der Waals surface area contributed by atoms with Gasteiger partial charge in [0.05, 0.1) is 11.1 Å². The van der Waals surface area contributed by atoms with Crippen LogP contribution in [0.3, 0.4) is 0 Å². The molecule has 0 fully saturated rings. The van der Waals surface area contributed by atoms with Crippen LogP contribution in [-0.2, 0) is 6.54 Å². The number of aromatic nitrogens is 2. The zero-order valence-corrected chi connectivity index (χ0v) is 12.4. The van der Waals surface area contributed by atoms with Crippen molar-refractivity contribution in [1.29, 1.82) is 0 Å². The third-order valence-corrected chi connectivity index (χ3v) is 3.50. The third-order valence-electron chi connectivity index (χ3n) is 3.50. The Morgan fingerprint density at radius 2 is 1.67 bits per heavy atom. The lowest BCUT2D eigenvalue weighted by Gasteiger charge is -2.13. The summed E-state index contributed by atoms with van der Waals surface area (Å²) < 4.78 is 37.5. The number of alkyl halides is 3. The zero-order chi connectivity index (χ0) is 17.3. The molecule has 9 heteroatoms. The highest BCUT2D eigenvalue weighted by Gasteiger charge is 2.34. The molecule has 0 spiro atoms. The van der Waals surface area contributed by atoms with Gasteiger partial charge < -0.3 is 5.32 Å². The van der Waals surface area contributed by atoms with Gasteiger partial charge in [0.25, 0.3) is 11.8 Å². The first kappa shape index (κ1) is 16.0. The highest BCUT2D eigenvalue weighted by atomic mass is 19.4. The van der Waals surface area contributed by atoms with E-state index in [9.17, 15) is 22.8 Å². The molecule has 24 heavy (non-hydrogen) atoms. The van der Waals surface area contributed by atoms with Gasteiger partial charge in [0.15, 0.2) is 0 Å². The number of nitrogens with one attached hydrogen (secondary N) is 1. The lowest BCUT2D eigenvalue weighted by molar-refractivity contribution is -0.142. The third kappa shape index (κ3) is 3.24. The van der Waals surface area contributed by atoms with Gasteiger partial charge in [-0.15, -0.1) is 0 Å². The predicted molar refractivity (Wildman–Crippen MR) is 78.6 cm³/mol. The first-order chi connectivity index (χ1) is 11.3. The van der Waals surface area contributed by atoms with E-state index in [1.54, 1.807) is 24.3 Å². The van der Waals surface area contributed by atoms with Gasteiger partial charge in [-0.2, -0.15) is 18.3 Å². The second kappa shape index (κ2) is 5.99. The standard InChI is InChI=1S/C15H13F3N4O2/c16-15(17,18)9-21-7-5-12(20-21)19-6-8-22-13(23)10-3-1-2-4-11(10)14(22)24/h1-5,7H,6,8-9H2,(H,19,20). The smallest absolute Gasteiger partial charge is 0.367 e. The number of hydrogen-bond donors (Lipinski definition) is 1. The molecule has 0 atom stereocenters. The Morgan fingerprint density at radius 3 is 2.25 bits per heavy atom. The average Bonchev–Trinajstić information content (AvgIpc) is 3.04. The Labute approximate surface area is 134 Å². The van der Waals surface area contributed by atoms with Gasteiger partial charge in [0.1, 0.15) is 12.4 Å². The molecule has 2 heterocycles. The molecule has 2 aromatic rings. The first-order valence-corrected chi connectivity index (χ1v) is 7.14. The minimum Gasteiger partial charge on any atom is -0.367 e. The van der Waals surface area contributed by atoms with Crippen LogP contribution >= 0.6 is 0 Å². The minimum atomic E-state index is -4.34. The number of rotatable bonds is 5. The Hall–Kier alpha value is -2.84. The van der Waals surface area contributed by atoms with Crippen molar-refractivity contribution < 1.29 is 22.8 Å². The van der Waals surface area contributed by atoms with Crippen LogP contribution in [0.5, 0.6) is 0 Å². The van der Waals surface area contributed by atoms with Crippen LogP contribution in [0.15, 0.2) is 36.5 Å². The number of imide groups is 1. The Balaban J connectivity index is 1.56. The molecule has 0 aliphatic carbocycles. The summed E-state index contributed by atoms with van der Waals surface area (Å²) in [6.07, 6.45) is -3.14. The number of benzene rings is 1. The molecule has 0 radical (unpaired) electrons. The second-order valence-electron chi connectivity index (χ2n) is 5.25. The van der Waals surface area contributed by atoms with Gasteiger partial charge in [-0.3, -0.25) is 19.2 Å². The Kier molecular flexibility index (Phi) is 4.00. The Bertz CT molecular complexity index is 750. The maximum absolute atomic E-state index is 12.3. The van der Waals surface area contributed by atoms with Gasteiger partial charge in [0, 0.05) is 25.4 Å². The molecule has 1 aliphatic rings. The molecule has 0 unspecified atom stereocenters. The van der Waals surface area contributed by atoms with Crippen molar-refractivity contribution in [2.45, 2.75) is 12.7 Å². The minimum absolute atomic E-state index is 0.0957. The fourth-order valence-corrected chi connectivity index (χ4v) is 2.47. The molecule has 2 amide bonds. The van der Waals surface area contributed by atoms with Crippen LogP contribution in [0.4, 0.5) is 19.0 Å². The summed E-state index contributed by atoms with van der Waals surface area (Å²) in [4.78, 5) is 25.4. The van der Waals surface area contributed by atoms with E-state index in [4.69, 9.17) is 0 Å². The topological polar surface area (TPSA) is 67.2 Å². The summed E-state index contributed by atoms with van der Waals surface area (Å²) in [5.74, 6) is -0.504. The van der Waals surface area contributed by atoms with Gasteiger partial charge in [-0.05, 0) is 12.1 Å². The molecular formula is C15H13F3N4O2. The quantitative estimate of drug-likeness (QED) is 0.849. The van der Waals surface area contributed by atoms with Crippen molar-refractivity contribution in [2.75, 3.05) is 18.4 Å². The van der Waals surface area contributed by atoms with Crippen LogP contribution in [0.1, 0.15) is 20.7 Å². The number of halogens is 3. The van der Waals surface area contributed by atoms with E-state index in [0.29, 0.717) is 11.1 Å². The van der Waals surface area contributed by atoms with Crippen molar-refractivity contribution in [2.24, 2.45) is 0 Å². The van der Waals surface area contributed by atoms with E-state index in [-0.39, 0.29) is 30.7 Å². The highest BCUT2D eigenvalue weighted by Crippen LogP contribution is 2.22. The highest BCUT2D eigenvalue weighted by molar-refractivity contribution is 6.21. The largest absolute Gasteiger partial charge is 0.408 e. The van der Waals surface area contributed by atoms with Crippen LogP contribution in [0, 0.1) is 0 Å². The first-order valence-electron chi connectivity index (χ1n) is 7.14. The number of nitrogens with zero attached hydrogens (tertiary/aromatic N) is 3. The van der Waals surface area contributed by atoms with Gasteiger partial charge in [-0.25, -0.2) is 0 Å². The molecule has 1 aromatic heterocycles. The number of amides is 2. The van der Waals surface area contributed by atoms with Crippen molar-refractivity contribution >= 4 is 17.6 Å². The van der Waals surface area contributed by atoms with E-state index in [1.165, 1.54) is 12.3 Å². The molecule has 1 aliphatic heterocycles. The van der Waals surface area contributed by atoms with Crippen molar-refractivity contribution in [1.82, 2.24) is 14.7 Å². The predicted octanol–water partition coefficient (Wildman–Crippen LogP) is 2.15. The molecule has 3 rings (SSSR count). The summed E-state index contributed by atoms with van der Waals surface area (Å²) in [5.41, 5.74) is 0.717.